The molecule has 2 unspecified atom stereocenters. The predicted octanol–water partition coefficient (Wildman–Crippen LogP) is 3.29. The lowest BCUT2D eigenvalue weighted by atomic mass is 10.0. The highest BCUT2D eigenvalue weighted by Gasteiger charge is 2.34. The first-order valence-electron chi connectivity index (χ1n) is 12.4. The van der Waals surface area contributed by atoms with Crippen molar-refractivity contribution in [2.24, 2.45) is 0 Å². The van der Waals surface area contributed by atoms with E-state index in [1.165, 1.54) is 29.9 Å². The summed E-state index contributed by atoms with van der Waals surface area (Å²) in [6.07, 6.45) is 5.41. The molecule has 12 heteroatoms. The lowest BCUT2D eigenvalue weighted by Gasteiger charge is -2.32. The minimum absolute atomic E-state index is 0.0983. The number of amides is 1. The van der Waals surface area contributed by atoms with Gasteiger partial charge in [0.2, 0.25) is 0 Å². The number of halogens is 1. The number of aromatic nitrogens is 2. The van der Waals surface area contributed by atoms with Gasteiger partial charge in [0.15, 0.2) is 11.5 Å². The number of ether oxygens (including phenoxy) is 2. The van der Waals surface area contributed by atoms with Gasteiger partial charge >= 0.3 is 10.2 Å². The Hall–Kier alpha value is -3.38. The van der Waals surface area contributed by atoms with E-state index in [0.29, 0.717) is 23.6 Å². The third-order valence-electron chi connectivity index (χ3n) is 6.98. The number of hydrogen-bond donors (Lipinski definition) is 1. The number of rotatable bonds is 7. The van der Waals surface area contributed by atoms with E-state index in [-0.39, 0.29) is 30.1 Å². The van der Waals surface area contributed by atoms with E-state index in [2.05, 4.69) is 14.7 Å². The van der Waals surface area contributed by atoms with Crippen LogP contribution in [0, 0.1) is 5.82 Å². The summed E-state index contributed by atoms with van der Waals surface area (Å²) in [6, 6.07) is 6.38. The zero-order chi connectivity index (χ0) is 26.3. The summed E-state index contributed by atoms with van der Waals surface area (Å²) in [5, 5.41) is 4.21. The third kappa shape index (κ3) is 4.71. The van der Waals surface area contributed by atoms with Gasteiger partial charge in [-0.25, -0.2) is 13.6 Å². The normalized spacial score (nSPS) is 19.5. The van der Waals surface area contributed by atoms with Crippen molar-refractivity contribution in [3.63, 3.8) is 0 Å². The van der Waals surface area contributed by atoms with Crippen LogP contribution in [0.5, 0.6) is 11.5 Å². The summed E-state index contributed by atoms with van der Waals surface area (Å²) in [4.78, 5) is 15.0. The fraction of sp³-hybridized carbons (Fsp3) is 0.440. The average molecular weight is 532 g/mol. The van der Waals surface area contributed by atoms with Crippen LogP contribution in [0.4, 0.5) is 10.1 Å². The summed E-state index contributed by atoms with van der Waals surface area (Å²) in [5.74, 6) is -0.162. The second-order valence-corrected chi connectivity index (χ2v) is 11.0. The van der Waals surface area contributed by atoms with Crippen LogP contribution in [0.25, 0.3) is 5.52 Å². The van der Waals surface area contributed by atoms with Crippen molar-refractivity contribution in [1.29, 1.82) is 0 Å². The second-order valence-electron chi connectivity index (χ2n) is 9.26. The maximum atomic E-state index is 14.6. The maximum Gasteiger partial charge on any atom is 0.303 e. The highest BCUT2D eigenvalue weighted by Crippen LogP contribution is 2.46. The van der Waals surface area contributed by atoms with Crippen LogP contribution in [0.1, 0.15) is 55.1 Å². The molecule has 0 spiro atoms. The maximum absolute atomic E-state index is 14.6. The Morgan fingerprint density at radius 2 is 2.11 bits per heavy atom. The van der Waals surface area contributed by atoms with Crippen LogP contribution in [-0.2, 0) is 10.2 Å². The van der Waals surface area contributed by atoms with E-state index in [1.807, 2.05) is 13.0 Å². The van der Waals surface area contributed by atoms with Crippen molar-refractivity contribution in [2.75, 3.05) is 31.6 Å². The summed E-state index contributed by atoms with van der Waals surface area (Å²) in [7, 11) is -2.58. The molecule has 0 saturated carbocycles. The number of anilines is 1. The number of nitrogens with zero attached hydrogens (tertiary/aromatic N) is 4. The van der Waals surface area contributed by atoms with E-state index in [4.69, 9.17) is 9.47 Å². The molecule has 1 fully saturated rings. The quantitative estimate of drug-likeness (QED) is 0.499. The van der Waals surface area contributed by atoms with Gasteiger partial charge < -0.3 is 14.4 Å². The largest absolute Gasteiger partial charge is 0.486 e. The summed E-state index contributed by atoms with van der Waals surface area (Å²) >= 11 is 0. The lowest BCUT2D eigenvalue weighted by molar-refractivity contribution is 0.0861. The first-order valence-corrected chi connectivity index (χ1v) is 13.8. The molecule has 1 amide bonds. The standard InChI is InChI=1S/C25H30FN5O5S/c1-4-18-15-35-23-12-16(26)11-19(24(23)36-18)21-7-6-9-30(21)17-8-10-31-22(13-17)20(14-27-31)25(32)28-37(33,34)29(3)5-2/h8,10-14,18,21H,4-7,9,15H2,1-3H3,(H,28,32). The second kappa shape index (κ2) is 9.82. The van der Waals surface area contributed by atoms with Crippen molar-refractivity contribution in [2.45, 2.75) is 45.3 Å². The minimum atomic E-state index is -3.97. The van der Waals surface area contributed by atoms with E-state index in [0.717, 1.165) is 41.4 Å². The van der Waals surface area contributed by atoms with Crippen molar-refractivity contribution in [3.8, 4) is 11.5 Å². The molecule has 2 atom stereocenters. The number of carbonyl (C=O) groups excluding carboxylic acids is 1. The van der Waals surface area contributed by atoms with Gasteiger partial charge in [-0.15, -0.1) is 0 Å². The van der Waals surface area contributed by atoms with Crippen molar-refractivity contribution in [3.05, 3.63) is 53.6 Å². The van der Waals surface area contributed by atoms with Gasteiger partial charge in [-0.3, -0.25) is 4.79 Å². The number of hydrogen-bond acceptors (Lipinski definition) is 7. The Morgan fingerprint density at radius 1 is 1.30 bits per heavy atom. The Bertz CT molecular complexity index is 1440. The van der Waals surface area contributed by atoms with Crippen LogP contribution < -0.4 is 19.1 Å². The fourth-order valence-electron chi connectivity index (χ4n) is 4.80. The van der Waals surface area contributed by atoms with Crippen molar-refractivity contribution in [1.82, 2.24) is 18.6 Å². The molecule has 0 aliphatic carbocycles. The van der Waals surface area contributed by atoms with E-state index >= 15 is 0 Å². The van der Waals surface area contributed by atoms with Gasteiger partial charge in [-0.1, -0.05) is 13.8 Å². The van der Waals surface area contributed by atoms with Crippen LogP contribution in [0.3, 0.4) is 0 Å². The molecule has 37 heavy (non-hydrogen) atoms. The van der Waals surface area contributed by atoms with E-state index in [9.17, 15) is 17.6 Å². The number of carbonyl (C=O) groups is 1. The molecule has 10 nitrogen and oxygen atoms in total. The Kier molecular flexibility index (Phi) is 6.71. The number of fused-ring (bicyclic) bond motifs is 2. The monoisotopic (exact) mass is 531 g/mol. The van der Waals surface area contributed by atoms with Gasteiger partial charge in [0, 0.05) is 43.7 Å². The van der Waals surface area contributed by atoms with Gasteiger partial charge in [-0.2, -0.15) is 17.8 Å². The molecule has 2 aliphatic rings. The SMILES string of the molecule is CCC1COc2cc(F)cc(C3CCCN3c3ccn4ncc(C(=O)NS(=O)(=O)N(C)CC)c4c3)c2O1. The summed E-state index contributed by atoms with van der Waals surface area (Å²) in [6.45, 7) is 5.01. The molecular formula is C25H30FN5O5S. The lowest BCUT2D eigenvalue weighted by Crippen LogP contribution is -2.41. The summed E-state index contributed by atoms with van der Waals surface area (Å²) in [5.41, 5.74) is 2.13. The predicted molar refractivity (Wildman–Crippen MR) is 136 cm³/mol. The molecule has 1 saturated heterocycles. The average Bonchev–Trinajstić information content (AvgIpc) is 3.54. The molecule has 1 aromatic carbocycles. The molecule has 2 aromatic heterocycles. The summed E-state index contributed by atoms with van der Waals surface area (Å²) < 4.78 is 56.0. The van der Waals surface area contributed by atoms with Crippen LogP contribution in [0.2, 0.25) is 0 Å². The zero-order valence-corrected chi connectivity index (χ0v) is 21.8. The fourth-order valence-corrected chi connectivity index (χ4v) is 5.64. The Morgan fingerprint density at radius 3 is 2.86 bits per heavy atom. The number of benzene rings is 1. The van der Waals surface area contributed by atoms with Gasteiger partial charge in [-0.05, 0) is 37.5 Å². The van der Waals surface area contributed by atoms with E-state index < -0.39 is 16.1 Å². The minimum Gasteiger partial charge on any atom is -0.486 e. The highest BCUT2D eigenvalue weighted by atomic mass is 32.2. The van der Waals surface area contributed by atoms with Crippen LogP contribution >= 0.6 is 0 Å². The van der Waals surface area contributed by atoms with Crippen LogP contribution in [-0.4, -0.2) is 61.1 Å². The first kappa shape index (κ1) is 25.3. The van der Waals surface area contributed by atoms with Gasteiger partial charge in [0.05, 0.1) is 23.3 Å². The Balaban J connectivity index is 1.49. The molecule has 5 rings (SSSR count). The van der Waals surface area contributed by atoms with Crippen molar-refractivity contribution >= 4 is 27.3 Å². The van der Waals surface area contributed by atoms with Crippen LogP contribution in [0.15, 0.2) is 36.7 Å². The molecule has 3 aromatic rings. The molecule has 1 N–H and O–H groups in total. The van der Waals surface area contributed by atoms with E-state index in [1.54, 1.807) is 19.2 Å². The van der Waals surface area contributed by atoms with Gasteiger partial charge in [0.1, 0.15) is 18.5 Å². The number of pyridine rings is 1. The molecule has 4 heterocycles. The first-order chi connectivity index (χ1) is 17.7. The molecular weight excluding hydrogens is 501 g/mol. The number of nitrogens with one attached hydrogen (secondary N) is 1. The highest BCUT2D eigenvalue weighted by molar-refractivity contribution is 7.87. The molecule has 198 valence electrons. The Labute approximate surface area is 215 Å². The topological polar surface area (TPSA) is 105 Å². The molecule has 0 radical (unpaired) electrons. The zero-order valence-electron chi connectivity index (χ0n) is 21.0. The molecule has 0 bridgehead atoms. The van der Waals surface area contributed by atoms with Crippen molar-refractivity contribution < 1.29 is 27.1 Å². The molecule has 2 aliphatic heterocycles. The third-order valence-corrected chi connectivity index (χ3v) is 8.51. The van der Waals surface area contributed by atoms with Gasteiger partial charge in [0.25, 0.3) is 5.91 Å². The smallest absolute Gasteiger partial charge is 0.303 e.